The van der Waals surface area contributed by atoms with Crippen LogP contribution >= 0.6 is 23.2 Å². The minimum absolute atomic E-state index is 0.00394. The van der Waals surface area contributed by atoms with Crippen LogP contribution in [0.5, 0.6) is 11.6 Å². The third-order valence-electron chi connectivity index (χ3n) is 4.39. The highest BCUT2D eigenvalue weighted by Crippen LogP contribution is 2.35. The summed E-state index contributed by atoms with van der Waals surface area (Å²) >= 11 is 12.0. The smallest absolute Gasteiger partial charge is 0.416 e. The second kappa shape index (κ2) is 8.69. The predicted molar refractivity (Wildman–Crippen MR) is 118 cm³/mol. The van der Waals surface area contributed by atoms with Crippen LogP contribution in [0.25, 0.3) is 10.9 Å². The lowest BCUT2D eigenvalue weighted by Gasteiger charge is -2.13. The van der Waals surface area contributed by atoms with Crippen molar-refractivity contribution in [3.05, 3.63) is 82.6 Å². The van der Waals surface area contributed by atoms with Gasteiger partial charge < -0.3 is 4.74 Å². The van der Waals surface area contributed by atoms with E-state index in [1.807, 2.05) is 24.3 Å². The molecule has 0 aliphatic carbocycles. The summed E-state index contributed by atoms with van der Waals surface area (Å²) in [6, 6.07) is 12.3. The standard InChI is InChI=1S/C21H12Cl2F3N3O3S/c22-16-8-13(21(24,25)26)5-6-19(16)33(30,31)29-14-9-17(23)20(28-10-14)32-15-7-12-3-1-2-4-18(12)27-11-15/h1-11,29H. The van der Waals surface area contributed by atoms with Gasteiger partial charge >= 0.3 is 6.18 Å². The molecule has 2 aromatic carbocycles. The molecule has 2 aromatic heterocycles. The third kappa shape index (κ3) is 5.13. The minimum atomic E-state index is -4.66. The quantitative estimate of drug-likeness (QED) is 0.327. The van der Waals surface area contributed by atoms with Gasteiger partial charge in [-0.3, -0.25) is 9.71 Å². The average molecular weight is 514 g/mol. The predicted octanol–water partition coefficient (Wildman–Crippen LogP) is 6.55. The van der Waals surface area contributed by atoms with E-state index in [4.69, 9.17) is 27.9 Å². The van der Waals surface area contributed by atoms with Crippen LogP contribution in [-0.2, 0) is 16.2 Å². The molecule has 0 atom stereocenters. The number of ether oxygens (including phenoxy) is 1. The van der Waals surface area contributed by atoms with Crippen molar-refractivity contribution in [3.8, 4) is 11.6 Å². The van der Waals surface area contributed by atoms with E-state index in [1.165, 1.54) is 12.3 Å². The molecule has 0 aliphatic rings. The maximum absolute atomic E-state index is 12.8. The summed E-state index contributed by atoms with van der Waals surface area (Å²) in [5.74, 6) is 0.372. The Labute approximate surface area is 196 Å². The molecular formula is C21H12Cl2F3N3O3S. The van der Waals surface area contributed by atoms with E-state index in [9.17, 15) is 21.6 Å². The molecular weight excluding hydrogens is 502 g/mol. The van der Waals surface area contributed by atoms with Gasteiger partial charge in [0.2, 0.25) is 5.88 Å². The van der Waals surface area contributed by atoms with E-state index in [-0.39, 0.29) is 16.6 Å². The second-order valence-corrected chi connectivity index (χ2v) is 9.19. The fourth-order valence-corrected chi connectivity index (χ4v) is 4.66. The summed E-state index contributed by atoms with van der Waals surface area (Å²) in [5, 5.41) is 0.242. The van der Waals surface area contributed by atoms with Crippen molar-refractivity contribution in [2.45, 2.75) is 11.1 Å². The zero-order chi connectivity index (χ0) is 23.8. The maximum atomic E-state index is 12.8. The van der Waals surface area contributed by atoms with Crippen LogP contribution in [0.1, 0.15) is 5.56 Å². The van der Waals surface area contributed by atoms with Gasteiger partial charge in [0.05, 0.1) is 34.2 Å². The molecule has 6 nitrogen and oxygen atoms in total. The van der Waals surface area contributed by atoms with Crippen LogP contribution in [0.4, 0.5) is 18.9 Å². The van der Waals surface area contributed by atoms with Crippen LogP contribution in [-0.4, -0.2) is 18.4 Å². The maximum Gasteiger partial charge on any atom is 0.416 e. The largest absolute Gasteiger partial charge is 0.436 e. The van der Waals surface area contributed by atoms with E-state index >= 15 is 0 Å². The number of nitrogens with zero attached hydrogens (tertiary/aromatic N) is 2. The van der Waals surface area contributed by atoms with Gasteiger partial charge in [-0.2, -0.15) is 13.2 Å². The lowest BCUT2D eigenvalue weighted by Crippen LogP contribution is -2.14. The molecule has 0 aliphatic heterocycles. The number of hydrogen-bond donors (Lipinski definition) is 1. The average Bonchev–Trinajstić information content (AvgIpc) is 2.74. The van der Waals surface area contributed by atoms with Gasteiger partial charge in [0.25, 0.3) is 10.0 Å². The summed E-state index contributed by atoms with van der Waals surface area (Å²) in [6.07, 6.45) is -2.03. The van der Waals surface area contributed by atoms with E-state index in [1.54, 1.807) is 6.07 Å². The number of halogens is 5. The highest BCUT2D eigenvalue weighted by molar-refractivity contribution is 7.92. The molecule has 0 unspecified atom stereocenters. The summed E-state index contributed by atoms with van der Waals surface area (Å²) in [7, 11) is -4.32. The molecule has 0 amide bonds. The van der Waals surface area contributed by atoms with Gasteiger partial charge in [-0.25, -0.2) is 13.4 Å². The Bertz CT molecular complexity index is 1460. The first-order chi connectivity index (χ1) is 15.5. The van der Waals surface area contributed by atoms with Crippen molar-refractivity contribution < 1.29 is 26.3 Å². The normalized spacial score (nSPS) is 12.0. The van der Waals surface area contributed by atoms with Crippen molar-refractivity contribution in [3.63, 3.8) is 0 Å². The minimum Gasteiger partial charge on any atom is -0.436 e. The molecule has 0 spiro atoms. The van der Waals surface area contributed by atoms with Crippen LogP contribution in [0, 0.1) is 0 Å². The van der Waals surface area contributed by atoms with Crippen LogP contribution in [0.2, 0.25) is 10.0 Å². The Morgan fingerprint density at radius 1 is 0.909 bits per heavy atom. The first kappa shape index (κ1) is 23.1. The number of fused-ring (bicyclic) bond motifs is 1. The molecule has 0 saturated heterocycles. The Kier molecular flexibility index (Phi) is 6.08. The number of sulfonamides is 1. The Balaban J connectivity index is 1.55. The lowest BCUT2D eigenvalue weighted by atomic mass is 10.2. The number of nitrogens with one attached hydrogen (secondary N) is 1. The highest BCUT2D eigenvalue weighted by atomic mass is 35.5. The zero-order valence-corrected chi connectivity index (χ0v) is 18.6. The fraction of sp³-hybridized carbons (Fsp3) is 0.0476. The molecule has 4 rings (SSSR count). The van der Waals surface area contributed by atoms with Gasteiger partial charge in [0.1, 0.15) is 15.7 Å². The number of para-hydroxylation sites is 1. The molecule has 0 bridgehead atoms. The van der Waals surface area contributed by atoms with Crippen molar-refractivity contribution in [2.24, 2.45) is 0 Å². The Morgan fingerprint density at radius 2 is 1.67 bits per heavy atom. The second-order valence-electron chi connectivity index (χ2n) is 6.73. The summed E-state index contributed by atoms with van der Waals surface area (Å²) in [4.78, 5) is 7.74. The molecule has 0 saturated carbocycles. The number of rotatable bonds is 5. The lowest BCUT2D eigenvalue weighted by molar-refractivity contribution is -0.137. The van der Waals surface area contributed by atoms with E-state index in [0.29, 0.717) is 17.9 Å². The summed E-state index contributed by atoms with van der Waals surface area (Å²) < 4.78 is 71.4. The molecule has 0 radical (unpaired) electrons. The van der Waals surface area contributed by atoms with Crippen molar-refractivity contribution in [2.75, 3.05) is 4.72 Å². The first-order valence-electron chi connectivity index (χ1n) is 9.11. The van der Waals surface area contributed by atoms with Crippen molar-refractivity contribution in [1.82, 2.24) is 9.97 Å². The topological polar surface area (TPSA) is 81.2 Å². The van der Waals surface area contributed by atoms with E-state index in [0.717, 1.165) is 23.2 Å². The molecule has 1 N–H and O–H groups in total. The van der Waals surface area contributed by atoms with Gasteiger partial charge in [0.15, 0.2) is 0 Å². The number of pyridine rings is 2. The number of benzene rings is 2. The summed E-state index contributed by atoms with van der Waals surface area (Å²) in [6.45, 7) is 0. The molecule has 0 fully saturated rings. The monoisotopic (exact) mass is 513 g/mol. The van der Waals surface area contributed by atoms with E-state index in [2.05, 4.69) is 14.7 Å². The number of hydrogen-bond acceptors (Lipinski definition) is 5. The SMILES string of the molecule is O=S(=O)(Nc1cnc(Oc2cnc3ccccc3c2)c(Cl)c1)c1ccc(C(F)(F)F)cc1Cl. The Morgan fingerprint density at radius 3 is 2.36 bits per heavy atom. The van der Waals surface area contributed by atoms with Crippen molar-refractivity contribution >= 4 is 49.8 Å². The van der Waals surface area contributed by atoms with Gasteiger partial charge in [-0.15, -0.1) is 0 Å². The van der Waals surface area contributed by atoms with Gasteiger partial charge in [-0.1, -0.05) is 41.4 Å². The zero-order valence-electron chi connectivity index (χ0n) is 16.3. The van der Waals surface area contributed by atoms with Crippen molar-refractivity contribution in [1.29, 1.82) is 0 Å². The fourth-order valence-electron chi connectivity index (χ4n) is 2.88. The highest BCUT2D eigenvalue weighted by Gasteiger charge is 2.32. The number of aromatic nitrogens is 2. The third-order valence-corrected chi connectivity index (χ3v) is 6.52. The molecule has 33 heavy (non-hydrogen) atoms. The van der Waals surface area contributed by atoms with Gasteiger partial charge in [-0.05, 0) is 36.4 Å². The Hall–Kier alpha value is -3.08. The van der Waals surface area contributed by atoms with Crippen LogP contribution in [0.15, 0.2) is 71.9 Å². The molecule has 4 aromatic rings. The summed E-state index contributed by atoms with van der Waals surface area (Å²) in [5.41, 5.74) is -0.337. The van der Waals surface area contributed by atoms with Gasteiger partial charge in [0, 0.05) is 5.39 Å². The van der Waals surface area contributed by atoms with E-state index < -0.39 is 31.7 Å². The molecule has 2 heterocycles. The van der Waals surface area contributed by atoms with Crippen LogP contribution < -0.4 is 9.46 Å². The first-order valence-corrected chi connectivity index (χ1v) is 11.3. The van der Waals surface area contributed by atoms with Crippen LogP contribution in [0.3, 0.4) is 0 Å². The number of anilines is 1. The number of alkyl halides is 3. The molecule has 170 valence electrons. The molecule has 12 heteroatoms.